The van der Waals surface area contributed by atoms with E-state index in [-0.39, 0.29) is 0 Å². The fourth-order valence-electron chi connectivity index (χ4n) is 1.88. The highest BCUT2D eigenvalue weighted by atomic mass is 32.2. The molecule has 0 saturated heterocycles. The highest BCUT2D eigenvalue weighted by Gasteiger charge is 2.05. The van der Waals surface area contributed by atoms with Crippen LogP contribution in [0.2, 0.25) is 0 Å². The highest BCUT2D eigenvalue weighted by molar-refractivity contribution is 7.98. The van der Waals surface area contributed by atoms with Gasteiger partial charge in [0.1, 0.15) is 6.42 Å². The summed E-state index contributed by atoms with van der Waals surface area (Å²) in [6.07, 6.45) is 2.53. The number of carbonyl (C=O) groups excluding carboxylic acids is 1. The molecule has 1 N–H and O–H groups in total. The quantitative estimate of drug-likeness (QED) is 0.476. The van der Waals surface area contributed by atoms with E-state index in [1.807, 2.05) is 42.5 Å². The van der Waals surface area contributed by atoms with Crippen molar-refractivity contribution < 1.29 is 14.7 Å². The third-order valence-corrected chi connectivity index (χ3v) is 4.09. The maximum absolute atomic E-state index is 11.4. The van der Waals surface area contributed by atoms with Crippen molar-refractivity contribution in [3.05, 3.63) is 71.8 Å². The van der Waals surface area contributed by atoms with Crippen molar-refractivity contribution in [2.45, 2.75) is 17.1 Å². The minimum atomic E-state index is -1.11. The monoisotopic (exact) mass is 312 g/mol. The van der Waals surface area contributed by atoms with Crippen LogP contribution in [0.4, 0.5) is 0 Å². The molecule has 2 aromatic rings. The van der Waals surface area contributed by atoms with E-state index >= 15 is 0 Å². The summed E-state index contributed by atoms with van der Waals surface area (Å²) < 4.78 is 0. The summed E-state index contributed by atoms with van der Waals surface area (Å²) in [5.41, 5.74) is 2.15. The predicted molar refractivity (Wildman–Crippen MR) is 88.7 cm³/mol. The number of aliphatic carboxylic acids is 1. The van der Waals surface area contributed by atoms with Crippen LogP contribution in [0.5, 0.6) is 0 Å². The number of carbonyl (C=O) groups is 2. The van der Waals surface area contributed by atoms with Crippen LogP contribution in [0.1, 0.15) is 17.5 Å². The average molecular weight is 312 g/mol. The number of ketones is 1. The first kappa shape index (κ1) is 16.0. The van der Waals surface area contributed by atoms with Gasteiger partial charge in [-0.05, 0) is 23.3 Å². The van der Waals surface area contributed by atoms with E-state index in [4.69, 9.17) is 5.11 Å². The summed E-state index contributed by atoms with van der Waals surface area (Å²) in [6, 6.07) is 17.9. The number of thioether (sulfide) groups is 1. The summed E-state index contributed by atoms with van der Waals surface area (Å²) in [6.45, 7) is 0. The Labute approximate surface area is 133 Å². The molecular formula is C18H16O3S. The Morgan fingerprint density at radius 2 is 1.68 bits per heavy atom. The second-order valence-corrected chi connectivity index (χ2v) is 5.70. The van der Waals surface area contributed by atoms with E-state index in [2.05, 4.69) is 12.1 Å². The summed E-state index contributed by atoms with van der Waals surface area (Å²) in [5, 5.41) is 8.59. The summed E-state index contributed by atoms with van der Waals surface area (Å²) in [5.74, 6) is -0.675. The van der Waals surface area contributed by atoms with Crippen LogP contribution >= 0.6 is 11.8 Å². The van der Waals surface area contributed by atoms with Gasteiger partial charge in [-0.15, -0.1) is 11.8 Å². The molecule has 0 bridgehead atoms. The third kappa shape index (κ3) is 5.22. The first-order valence-electron chi connectivity index (χ1n) is 6.83. The molecule has 0 radical (unpaired) electrons. The van der Waals surface area contributed by atoms with Gasteiger partial charge in [0.05, 0.1) is 0 Å². The topological polar surface area (TPSA) is 54.4 Å². The Morgan fingerprint density at radius 1 is 1.00 bits per heavy atom. The first-order valence-corrected chi connectivity index (χ1v) is 7.82. The van der Waals surface area contributed by atoms with Crippen LogP contribution < -0.4 is 0 Å². The number of hydrogen-bond acceptors (Lipinski definition) is 3. The normalized spacial score (nSPS) is 10.7. The minimum absolute atomic E-state index is 0.407. The second kappa shape index (κ2) is 8.20. The molecule has 0 heterocycles. The molecule has 0 saturated carbocycles. The Hall–Kier alpha value is -2.33. The molecular weight excluding hydrogens is 296 g/mol. The molecule has 0 spiro atoms. The number of allylic oxidation sites excluding steroid dienone is 1. The summed E-state index contributed by atoms with van der Waals surface area (Å²) >= 11 is 1.69. The van der Waals surface area contributed by atoms with Gasteiger partial charge in [0.2, 0.25) is 0 Å². The Morgan fingerprint density at radius 3 is 2.41 bits per heavy atom. The van der Waals surface area contributed by atoms with Crippen LogP contribution in [0, 0.1) is 0 Å². The molecule has 0 atom stereocenters. The van der Waals surface area contributed by atoms with E-state index in [0.717, 1.165) is 16.2 Å². The molecule has 0 amide bonds. The zero-order chi connectivity index (χ0) is 15.8. The lowest BCUT2D eigenvalue weighted by molar-refractivity contribution is -0.139. The fraction of sp³-hybridized carbons (Fsp3) is 0.111. The van der Waals surface area contributed by atoms with Gasteiger partial charge < -0.3 is 5.11 Å². The van der Waals surface area contributed by atoms with Gasteiger partial charge in [0.25, 0.3) is 0 Å². The predicted octanol–water partition coefficient (Wildman–Crippen LogP) is 4.04. The zero-order valence-corrected chi connectivity index (χ0v) is 12.8. The molecule has 22 heavy (non-hydrogen) atoms. The molecule has 112 valence electrons. The number of hydrogen-bond donors (Lipinski definition) is 1. The van der Waals surface area contributed by atoms with Crippen LogP contribution in [0.25, 0.3) is 6.08 Å². The molecule has 0 aliphatic heterocycles. The van der Waals surface area contributed by atoms with Crippen molar-refractivity contribution in [3.8, 4) is 0 Å². The van der Waals surface area contributed by atoms with E-state index in [1.165, 1.54) is 11.6 Å². The summed E-state index contributed by atoms with van der Waals surface area (Å²) in [4.78, 5) is 23.0. The Kier molecular flexibility index (Phi) is 5.98. The van der Waals surface area contributed by atoms with Crippen LogP contribution in [-0.4, -0.2) is 16.9 Å². The van der Waals surface area contributed by atoms with Crippen molar-refractivity contribution >= 4 is 29.6 Å². The minimum Gasteiger partial charge on any atom is -0.481 e. The zero-order valence-electron chi connectivity index (χ0n) is 11.9. The number of carboxylic acid groups (broad SMARTS) is 1. The highest BCUT2D eigenvalue weighted by Crippen LogP contribution is 2.27. The standard InChI is InChI=1S/C18H16O3S/c19-16(12-18(20)21)11-10-15-8-4-5-9-17(15)22-13-14-6-2-1-3-7-14/h1-11H,12-13H2,(H,20,21). The van der Waals surface area contributed by atoms with Gasteiger partial charge in [-0.25, -0.2) is 0 Å². The SMILES string of the molecule is O=C(O)CC(=O)C=Cc1ccccc1SCc1ccccc1. The van der Waals surface area contributed by atoms with E-state index in [1.54, 1.807) is 17.8 Å². The lowest BCUT2D eigenvalue weighted by Gasteiger charge is -2.05. The van der Waals surface area contributed by atoms with Crippen LogP contribution in [-0.2, 0) is 15.3 Å². The number of rotatable bonds is 7. The van der Waals surface area contributed by atoms with Crippen LogP contribution in [0.15, 0.2) is 65.6 Å². The van der Waals surface area contributed by atoms with E-state index in [0.29, 0.717) is 0 Å². The molecule has 0 aromatic heterocycles. The molecule has 4 heteroatoms. The fourth-order valence-corrected chi connectivity index (χ4v) is 2.87. The molecule has 2 rings (SSSR count). The maximum Gasteiger partial charge on any atom is 0.311 e. The molecule has 2 aromatic carbocycles. The maximum atomic E-state index is 11.4. The second-order valence-electron chi connectivity index (χ2n) is 4.68. The van der Waals surface area contributed by atoms with Gasteiger partial charge in [-0.3, -0.25) is 9.59 Å². The Balaban J connectivity index is 2.05. The Bertz CT molecular complexity index is 678. The van der Waals surface area contributed by atoms with E-state index < -0.39 is 18.2 Å². The molecule has 0 unspecified atom stereocenters. The first-order chi connectivity index (χ1) is 10.6. The van der Waals surface area contributed by atoms with Crippen molar-refractivity contribution in [1.29, 1.82) is 0 Å². The summed E-state index contributed by atoms with van der Waals surface area (Å²) in [7, 11) is 0. The molecule has 0 aliphatic rings. The van der Waals surface area contributed by atoms with E-state index in [9.17, 15) is 9.59 Å². The smallest absolute Gasteiger partial charge is 0.311 e. The number of benzene rings is 2. The molecule has 0 fully saturated rings. The van der Waals surface area contributed by atoms with Crippen molar-refractivity contribution in [3.63, 3.8) is 0 Å². The van der Waals surface area contributed by atoms with Gasteiger partial charge in [0, 0.05) is 10.6 Å². The third-order valence-electron chi connectivity index (χ3n) is 2.93. The van der Waals surface area contributed by atoms with Crippen LogP contribution in [0.3, 0.4) is 0 Å². The van der Waals surface area contributed by atoms with Gasteiger partial charge >= 0.3 is 5.97 Å². The average Bonchev–Trinajstić information content (AvgIpc) is 2.52. The lowest BCUT2D eigenvalue weighted by Crippen LogP contribution is -2.02. The van der Waals surface area contributed by atoms with Gasteiger partial charge in [-0.1, -0.05) is 54.6 Å². The number of carboxylic acids is 1. The van der Waals surface area contributed by atoms with Gasteiger partial charge in [-0.2, -0.15) is 0 Å². The van der Waals surface area contributed by atoms with Crippen molar-refractivity contribution in [2.24, 2.45) is 0 Å². The molecule has 3 nitrogen and oxygen atoms in total. The van der Waals surface area contributed by atoms with Crippen molar-refractivity contribution in [1.82, 2.24) is 0 Å². The lowest BCUT2D eigenvalue weighted by atomic mass is 10.2. The molecule has 0 aliphatic carbocycles. The largest absolute Gasteiger partial charge is 0.481 e. The van der Waals surface area contributed by atoms with Gasteiger partial charge in [0.15, 0.2) is 5.78 Å². The van der Waals surface area contributed by atoms with Crippen molar-refractivity contribution in [2.75, 3.05) is 0 Å².